The molecule has 2 N–H and O–H groups in total. The molecule has 0 aliphatic carbocycles. The van der Waals surface area contributed by atoms with E-state index in [1.54, 1.807) is 0 Å². The minimum Gasteiger partial charge on any atom is -0.329 e. The average molecular weight is 335 g/mol. The average Bonchev–Trinajstić information content (AvgIpc) is 2.88. The summed E-state index contributed by atoms with van der Waals surface area (Å²) < 4.78 is 0. The number of rotatable bonds is 5. The van der Waals surface area contributed by atoms with Gasteiger partial charge in [-0.15, -0.1) is 0 Å². The first-order valence-corrected chi connectivity index (χ1v) is 9.76. The fourth-order valence-electron chi connectivity index (χ4n) is 5.42. The molecule has 2 saturated heterocycles. The van der Waals surface area contributed by atoms with Gasteiger partial charge in [0.25, 0.3) is 0 Å². The van der Waals surface area contributed by atoms with Crippen LogP contribution in [0, 0.1) is 5.92 Å². The predicted molar refractivity (Wildman–Crippen MR) is 105 cm³/mol. The Morgan fingerprint density at radius 1 is 0.880 bits per heavy atom. The van der Waals surface area contributed by atoms with Crippen LogP contribution in [0.15, 0.2) is 60.7 Å². The van der Waals surface area contributed by atoms with Crippen LogP contribution in [0.25, 0.3) is 0 Å². The van der Waals surface area contributed by atoms with Gasteiger partial charge in [-0.3, -0.25) is 0 Å². The molecule has 0 unspecified atom stereocenters. The maximum atomic E-state index is 6.49. The highest BCUT2D eigenvalue weighted by Crippen LogP contribution is 2.45. The Balaban J connectivity index is 1.69. The smallest absolute Gasteiger partial charge is 0.0327 e. The molecule has 0 spiro atoms. The highest BCUT2D eigenvalue weighted by atomic mass is 15.2. The fourth-order valence-corrected chi connectivity index (χ4v) is 5.42. The molecule has 0 radical (unpaired) electrons. The first-order valence-electron chi connectivity index (χ1n) is 9.76. The van der Waals surface area contributed by atoms with Crippen molar-refractivity contribution in [1.29, 1.82) is 0 Å². The second-order valence-electron chi connectivity index (χ2n) is 8.11. The summed E-state index contributed by atoms with van der Waals surface area (Å²) >= 11 is 0. The third kappa shape index (κ3) is 3.02. The van der Waals surface area contributed by atoms with Crippen LogP contribution in [0.3, 0.4) is 0 Å². The van der Waals surface area contributed by atoms with Crippen molar-refractivity contribution in [2.45, 2.75) is 49.6 Å². The zero-order valence-electron chi connectivity index (χ0n) is 15.3. The molecule has 2 nitrogen and oxygen atoms in total. The van der Waals surface area contributed by atoms with Crippen molar-refractivity contribution in [3.05, 3.63) is 71.8 Å². The predicted octanol–water partition coefficient (Wildman–Crippen LogP) is 4.19. The Hall–Kier alpha value is -1.64. The lowest BCUT2D eigenvalue weighted by atomic mass is 9.67. The largest absolute Gasteiger partial charge is 0.329 e. The molecule has 2 aromatic rings. The maximum absolute atomic E-state index is 6.49. The Labute approximate surface area is 152 Å². The van der Waals surface area contributed by atoms with Crippen LogP contribution in [0.1, 0.15) is 43.2 Å². The number of nitrogens with two attached hydrogens (primary N) is 1. The Morgan fingerprint density at radius 3 is 1.80 bits per heavy atom. The van der Waals surface area contributed by atoms with Crippen LogP contribution in [-0.4, -0.2) is 30.6 Å². The van der Waals surface area contributed by atoms with E-state index >= 15 is 0 Å². The van der Waals surface area contributed by atoms with Gasteiger partial charge >= 0.3 is 0 Å². The molecular weight excluding hydrogens is 304 g/mol. The lowest BCUT2D eigenvalue weighted by Crippen LogP contribution is -2.44. The summed E-state index contributed by atoms with van der Waals surface area (Å²) in [6.07, 6.45) is 6.58. The van der Waals surface area contributed by atoms with Crippen LogP contribution in [0.4, 0.5) is 0 Å². The lowest BCUT2D eigenvalue weighted by molar-refractivity contribution is 0.119. The maximum Gasteiger partial charge on any atom is 0.0327 e. The van der Waals surface area contributed by atoms with Crippen molar-refractivity contribution in [3.8, 4) is 0 Å². The van der Waals surface area contributed by atoms with Crippen LogP contribution in [0.5, 0.6) is 0 Å². The van der Waals surface area contributed by atoms with Gasteiger partial charge < -0.3 is 10.6 Å². The van der Waals surface area contributed by atoms with Gasteiger partial charge in [-0.1, -0.05) is 60.7 Å². The van der Waals surface area contributed by atoms with Crippen LogP contribution in [0.2, 0.25) is 0 Å². The van der Waals surface area contributed by atoms with E-state index in [1.807, 2.05) is 0 Å². The normalized spacial score (nSPS) is 26.7. The minimum atomic E-state index is -0.0669. The van der Waals surface area contributed by atoms with E-state index in [2.05, 4.69) is 72.6 Å². The quantitative estimate of drug-likeness (QED) is 0.888. The van der Waals surface area contributed by atoms with E-state index in [1.165, 1.54) is 43.2 Å². The number of nitrogens with zero attached hydrogens (tertiary/aromatic N) is 1. The van der Waals surface area contributed by atoms with Crippen molar-refractivity contribution >= 4 is 0 Å². The first-order chi connectivity index (χ1) is 12.2. The van der Waals surface area contributed by atoms with Gasteiger partial charge in [0.15, 0.2) is 0 Å². The molecule has 0 amide bonds. The van der Waals surface area contributed by atoms with Gasteiger partial charge in [0.05, 0.1) is 0 Å². The van der Waals surface area contributed by atoms with Gasteiger partial charge in [0.2, 0.25) is 0 Å². The van der Waals surface area contributed by atoms with Crippen molar-refractivity contribution in [1.82, 2.24) is 4.90 Å². The van der Waals surface area contributed by atoms with Crippen molar-refractivity contribution in [3.63, 3.8) is 0 Å². The van der Waals surface area contributed by atoms with Crippen LogP contribution < -0.4 is 5.73 Å². The van der Waals surface area contributed by atoms with E-state index in [0.717, 1.165) is 18.0 Å². The van der Waals surface area contributed by atoms with Crippen molar-refractivity contribution in [2.24, 2.45) is 11.7 Å². The number of piperidine rings is 1. The first kappa shape index (κ1) is 16.8. The highest BCUT2D eigenvalue weighted by molar-refractivity contribution is 5.40. The van der Waals surface area contributed by atoms with E-state index in [9.17, 15) is 0 Å². The topological polar surface area (TPSA) is 29.3 Å². The number of hydrogen-bond acceptors (Lipinski definition) is 2. The third-order valence-electron chi connectivity index (χ3n) is 6.83. The molecule has 0 aromatic heterocycles. The van der Waals surface area contributed by atoms with E-state index in [4.69, 9.17) is 5.73 Å². The second kappa shape index (κ2) is 6.93. The summed E-state index contributed by atoms with van der Waals surface area (Å²) in [5.41, 5.74) is 9.16. The lowest BCUT2D eigenvalue weighted by Gasteiger charge is -2.42. The van der Waals surface area contributed by atoms with E-state index in [0.29, 0.717) is 6.54 Å². The Morgan fingerprint density at radius 2 is 1.36 bits per heavy atom. The second-order valence-corrected chi connectivity index (χ2v) is 8.11. The summed E-state index contributed by atoms with van der Waals surface area (Å²) in [6, 6.07) is 23.5. The summed E-state index contributed by atoms with van der Waals surface area (Å²) in [4.78, 5) is 2.63. The molecule has 132 valence electrons. The molecule has 4 rings (SSSR count). The molecule has 0 saturated carbocycles. The molecule has 2 aliphatic rings. The van der Waals surface area contributed by atoms with Crippen LogP contribution >= 0.6 is 0 Å². The Bertz CT molecular complexity index is 628. The molecule has 25 heavy (non-hydrogen) atoms. The van der Waals surface area contributed by atoms with E-state index < -0.39 is 0 Å². The van der Waals surface area contributed by atoms with Gasteiger partial charge in [-0.25, -0.2) is 0 Å². The number of hydrogen-bond donors (Lipinski definition) is 1. The molecular formula is C23H30N2. The monoisotopic (exact) mass is 334 g/mol. The fraction of sp³-hybridized carbons (Fsp3) is 0.478. The molecule has 2 bridgehead atoms. The van der Waals surface area contributed by atoms with Gasteiger partial charge in [0, 0.05) is 24.0 Å². The SMILES string of the molecule is CN1[C@@H]2CC[C@H]1C[C@@H](CC(CN)(c1ccccc1)c1ccccc1)C2. The summed E-state index contributed by atoms with van der Waals surface area (Å²) in [5, 5.41) is 0. The summed E-state index contributed by atoms with van der Waals surface area (Å²) in [7, 11) is 2.32. The molecule has 2 heteroatoms. The molecule has 2 fully saturated rings. The molecule has 3 atom stereocenters. The van der Waals surface area contributed by atoms with Crippen LogP contribution in [-0.2, 0) is 5.41 Å². The number of benzene rings is 2. The summed E-state index contributed by atoms with van der Waals surface area (Å²) in [6.45, 7) is 0.669. The van der Waals surface area contributed by atoms with E-state index in [-0.39, 0.29) is 5.41 Å². The molecule has 2 heterocycles. The molecule has 2 aromatic carbocycles. The minimum absolute atomic E-state index is 0.0669. The Kier molecular flexibility index (Phi) is 4.66. The number of fused-ring (bicyclic) bond motifs is 2. The zero-order chi connectivity index (χ0) is 17.3. The van der Waals surface area contributed by atoms with Gasteiger partial charge in [0.1, 0.15) is 0 Å². The van der Waals surface area contributed by atoms with Crippen molar-refractivity contribution in [2.75, 3.05) is 13.6 Å². The standard InChI is InChI=1S/C23H30N2/c1-25-21-12-13-22(25)15-18(14-21)16-23(17-24,19-8-4-2-5-9-19)20-10-6-3-7-11-20/h2-11,18,21-22H,12-17,24H2,1H3/t18-,21+,22-. The zero-order valence-corrected chi connectivity index (χ0v) is 15.3. The van der Waals surface area contributed by atoms with Crippen molar-refractivity contribution < 1.29 is 0 Å². The summed E-state index contributed by atoms with van der Waals surface area (Å²) in [5.74, 6) is 0.762. The molecule has 2 aliphatic heterocycles. The van der Waals surface area contributed by atoms with Gasteiger partial charge in [-0.05, 0) is 56.2 Å². The highest BCUT2D eigenvalue weighted by Gasteiger charge is 2.42. The van der Waals surface area contributed by atoms with Gasteiger partial charge in [-0.2, -0.15) is 0 Å². The third-order valence-corrected chi connectivity index (χ3v) is 6.83.